The topological polar surface area (TPSA) is 41.6 Å². The van der Waals surface area contributed by atoms with Gasteiger partial charge in [-0.3, -0.25) is 4.79 Å². The van der Waals surface area contributed by atoms with Gasteiger partial charge >= 0.3 is 0 Å². The Labute approximate surface area is 71.8 Å². The predicted octanol–water partition coefficient (Wildman–Crippen LogP) is 0.608. The van der Waals surface area contributed by atoms with Gasteiger partial charge in [0.1, 0.15) is 0 Å². The van der Waals surface area contributed by atoms with Crippen LogP contribution in [0.1, 0.15) is 19.3 Å². The van der Waals surface area contributed by atoms with Gasteiger partial charge in [-0.2, -0.15) is 0 Å². The molecule has 1 saturated carbocycles. The molecule has 3 unspecified atom stereocenters. The number of carbonyl (C=O) groups excluding carboxylic acids is 1. The minimum Gasteiger partial charge on any atom is -0.370 e. The Morgan fingerprint density at radius 1 is 1.50 bits per heavy atom. The van der Waals surface area contributed by atoms with Crippen LogP contribution in [0.3, 0.4) is 0 Å². The van der Waals surface area contributed by atoms with Crippen molar-refractivity contribution in [2.45, 2.75) is 37.5 Å². The highest BCUT2D eigenvalue weighted by molar-refractivity contribution is 5.87. The summed E-state index contributed by atoms with van der Waals surface area (Å²) in [4.78, 5) is 10.9. The number of nitrogens with one attached hydrogen (secondary N) is 1. The molecule has 2 aliphatic rings. The van der Waals surface area contributed by atoms with Crippen LogP contribution in [0.4, 0.5) is 0 Å². The molecule has 0 spiro atoms. The van der Waals surface area contributed by atoms with Gasteiger partial charge in [0, 0.05) is 6.04 Å². The Bertz CT molecular complexity index is 215. The fraction of sp³-hybridized carbons (Fsp3) is 0.667. The standard InChI is InChI=1S/C9H13NO2/c1-2-9(11)10-6-3-4-7-8(5-6)12-7/h2,6-8H,1,3-5H2,(H,10,11). The maximum absolute atomic E-state index is 10.9. The molecule has 0 aromatic carbocycles. The highest BCUT2D eigenvalue weighted by Gasteiger charge is 2.43. The Kier molecular flexibility index (Phi) is 1.89. The number of hydrogen-bond donors (Lipinski definition) is 1. The molecule has 2 fully saturated rings. The minimum atomic E-state index is -0.0703. The molecule has 12 heavy (non-hydrogen) atoms. The molecule has 1 N–H and O–H groups in total. The van der Waals surface area contributed by atoms with Crippen LogP contribution in [-0.4, -0.2) is 24.2 Å². The fourth-order valence-corrected chi connectivity index (χ4v) is 1.80. The third kappa shape index (κ3) is 1.50. The number of epoxide rings is 1. The lowest BCUT2D eigenvalue weighted by atomic mass is 9.95. The van der Waals surface area contributed by atoms with E-state index in [4.69, 9.17) is 4.74 Å². The molecule has 66 valence electrons. The summed E-state index contributed by atoms with van der Waals surface area (Å²) < 4.78 is 5.35. The molecule has 0 bridgehead atoms. The first kappa shape index (κ1) is 7.80. The zero-order valence-corrected chi connectivity index (χ0v) is 6.95. The van der Waals surface area contributed by atoms with Crippen LogP contribution in [0.5, 0.6) is 0 Å². The molecule has 1 aliphatic carbocycles. The Morgan fingerprint density at radius 2 is 2.33 bits per heavy atom. The zero-order valence-electron chi connectivity index (χ0n) is 6.95. The summed E-state index contributed by atoms with van der Waals surface area (Å²) in [6.07, 6.45) is 5.35. The lowest BCUT2D eigenvalue weighted by molar-refractivity contribution is -0.117. The fourth-order valence-electron chi connectivity index (χ4n) is 1.80. The average molecular weight is 167 g/mol. The smallest absolute Gasteiger partial charge is 0.243 e. The number of rotatable bonds is 2. The van der Waals surface area contributed by atoms with Gasteiger partial charge in [0.25, 0.3) is 0 Å². The van der Waals surface area contributed by atoms with E-state index < -0.39 is 0 Å². The summed E-state index contributed by atoms with van der Waals surface area (Å²) in [6, 6.07) is 0.305. The SMILES string of the molecule is C=CC(=O)NC1CCC2OC2C1. The van der Waals surface area contributed by atoms with Crippen molar-refractivity contribution in [2.24, 2.45) is 0 Å². The first-order valence-corrected chi connectivity index (χ1v) is 4.38. The van der Waals surface area contributed by atoms with Crippen molar-refractivity contribution in [3.63, 3.8) is 0 Å². The van der Waals surface area contributed by atoms with Crippen molar-refractivity contribution >= 4 is 5.91 Å². The van der Waals surface area contributed by atoms with Crippen LogP contribution in [0.2, 0.25) is 0 Å². The van der Waals surface area contributed by atoms with Crippen molar-refractivity contribution in [3.8, 4) is 0 Å². The minimum absolute atomic E-state index is 0.0703. The second-order valence-electron chi connectivity index (χ2n) is 3.44. The third-order valence-electron chi connectivity index (χ3n) is 2.54. The van der Waals surface area contributed by atoms with Crippen molar-refractivity contribution in [2.75, 3.05) is 0 Å². The molecule has 1 aliphatic heterocycles. The van der Waals surface area contributed by atoms with Crippen molar-refractivity contribution in [1.82, 2.24) is 5.32 Å². The van der Waals surface area contributed by atoms with Gasteiger partial charge in [0.2, 0.25) is 5.91 Å². The normalized spacial score (nSPS) is 38.2. The Balaban J connectivity index is 1.80. The summed E-state index contributed by atoms with van der Waals surface area (Å²) in [5, 5.41) is 2.89. The van der Waals surface area contributed by atoms with Crippen molar-refractivity contribution < 1.29 is 9.53 Å². The van der Waals surface area contributed by atoms with E-state index in [0.29, 0.717) is 18.2 Å². The van der Waals surface area contributed by atoms with Gasteiger partial charge in [-0.25, -0.2) is 0 Å². The van der Waals surface area contributed by atoms with Crippen LogP contribution in [-0.2, 0) is 9.53 Å². The van der Waals surface area contributed by atoms with Gasteiger partial charge in [-0.05, 0) is 25.3 Å². The molecule has 0 aromatic heterocycles. The first-order valence-electron chi connectivity index (χ1n) is 4.38. The second kappa shape index (κ2) is 2.90. The van der Waals surface area contributed by atoms with E-state index in [0.717, 1.165) is 19.3 Å². The Hall–Kier alpha value is -0.830. The summed E-state index contributed by atoms with van der Waals surface area (Å²) in [5.41, 5.74) is 0. The van der Waals surface area contributed by atoms with Gasteiger partial charge < -0.3 is 10.1 Å². The lowest BCUT2D eigenvalue weighted by Crippen LogP contribution is -2.37. The average Bonchev–Trinajstić information content (AvgIpc) is 2.82. The van der Waals surface area contributed by atoms with E-state index in [1.165, 1.54) is 6.08 Å². The van der Waals surface area contributed by atoms with E-state index in [1.807, 2.05) is 0 Å². The highest BCUT2D eigenvalue weighted by atomic mass is 16.6. The summed E-state index contributed by atoms with van der Waals surface area (Å²) in [6.45, 7) is 3.41. The predicted molar refractivity (Wildman–Crippen MR) is 44.6 cm³/mol. The van der Waals surface area contributed by atoms with E-state index in [2.05, 4.69) is 11.9 Å². The molecular weight excluding hydrogens is 154 g/mol. The van der Waals surface area contributed by atoms with Crippen LogP contribution in [0.25, 0.3) is 0 Å². The van der Waals surface area contributed by atoms with E-state index in [-0.39, 0.29) is 5.91 Å². The molecule has 1 amide bonds. The van der Waals surface area contributed by atoms with Crippen LogP contribution in [0, 0.1) is 0 Å². The van der Waals surface area contributed by atoms with Gasteiger partial charge in [0.05, 0.1) is 12.2 Å². The lowest BCUT2D eigenvalue weighted by Gasteiger charge is -2.19. The molecule has 1 saturated heterocycles. The summed E-state index contributed by atoms with van der Waals surface area (Å²) in [7, 11) is 0. The van der Waals surface area contributed by atoms with Gasteiger partial charge in [-0.15, -0.1) is 0 Å². The maximum Gasteiger partial charge on any atom is 0.243 e. The quantitative estimate of drug-likeness (QED) is 0.483. The highest BCUT2D eigenvalue weighted by Crippen LogP contribution is 2.36. The van der Waals surface area contributed by atoms with Crippen LogP contribution in [0.15, 0.2) is 12.7 Å². The maximum atomic E-state index is 10.9. The molecule has 1 heterocycles. The van der Waals surface area contributed by atoms with Gasteiger partial charge in [-0.1, -0.05) is 6.58 Å². The molecule has 3 nitrogen and oxygen atoms in total. The van der Waals surface area contributed by atoms with E-state index in [9.17, 15) is 4.79 Å². The zero-order chi connectivity index (χ0) is 8.55. The molecule has 0 radical (unpaired) electrons. The number of amides is 1. The van der Waals surface area contributed by atoms with Crippen LogP contribution >= 0.6 is 0 Å². The van der Waals surface area contributed by atoms with Crippen molar-refractivity contribution in [3.05, 3.63) is 12.7 Å². The second-order valence-corrected chi connectivity index (χ2v) is 3.44. The van der Waals surface area contributed by atoms with E-state index >= 15 is 0 Å². The Morgan fingerprint density at radius 3 is 3.00 bits per heavy atom. The van der Waals surface area contributed by atoms with E-state index in [1.54, 1.807) is 0 Å². The molecule has 3 heteroatoms. The monoisotopic (exact) mass is 167 g/mol. The molecular formula is C9H13NO2. The third-order valence-corrected chi connectivity index (χ3v) is 2.54. The first-order chi connectivity index (χ1) is 5.79. The number of carbonyl (C=O) groups is 1. The number of ether oxygens (including phenoxy) is 1. The molecule has 3 atom stereocenters. The molecule has 0 aromatic rings. The van der Waals surface area contributed by atoms with Crippen molar-refractivity contribution in [1.29, 1.82) is 0 Å². The number of hydrogen-bond acceptors (Lipinski definition) is 2. The summed E-state index contributed by atoms with van der Waals surface area (Å²) >= 11 is 0. The molecule has 2 rings (SSSR count). The van der Waals surface area contributed by atoms with Crippen LogP contribution < -0.4 is 5.32 Å². The summed E-state index contributed by atoms with van der Waals surface area (Å²) in [5.74, 6) is -0.0703. The van der Waals surface area contributed by atoms with Gasteiger partial charge in [0.15, 0.2) is 0 Å². The largest absolute Gasteiger partial charge is 0.370 e. The number of fused-ring (bicyclic) bond motifs is 1.